The van der Waals surface area contributed by atoms with Crippen molar-refractivity contribution in [2.75, 3.05) is 38.0 Å². The SMILES string of the molecule is Cc1cccc(NC(=O)CN2CCN(C(=O)c3cc(C(C)C)nc4ccccc34)CC2)c1C. The summed E-state index contributed by atoms with van der Waals surface area (Å²) in [6, 6.07) is 15.7. The van der Waals surface area contributed by atoms with Crippen molar-refractivity contribution in [1.82, 2.24) is 14.8 Å². The molecule has 0 bridgehead atoms. The third-order valence-corrected chi connectivity index (χ3v) is 6.46. The first-order valence-corrected chi connectivity index (χ1v) is 11.6. The number of fused-ring (bicyclic) bond motifs is 1. The Morgan fingerprint density at radius 3 is 2.45 bits per heavy atom. The van der Waals surface area contributed by atoms with Crippen LogP contribution < -0.4 is 5.32 Å². The Labute approximate surface area is 195 Å². The summed E-state index contributed by atoms with van der Waals surface area (Å²) in [5.41, 5.74) is 5.60. The van der Waals surface area contributed by atoms with Crippen molar-refractivity contribution in [3.05, 3.63) is 70.9 Å². The number of rotatable bonds is 5. The minimum atomic E-state index is -0.0230. The quantitative estimate of drug-likeness (QED) is 0.635. The van der Waals surface area contributed by atoms with Crippen molar-refractivity contribution in [3.63, 3.8) is 0 Å². The smallest absolute Gasteiger partial charge is 0.254 e. The average molecular weight is 445 g/mol. The van der Waals surface area contributed by atoms with Crippen LogP contribution in [0.3, 0.4) is 0 Å². The number of aryl methyl sites for hydroxylation is 1. The minimum Gasteiger partial charge on any atom is -0.336 e. The molecule has 6 nitrogen and oxygen atoms in total. The lowest BCUT2D eigenvalue weighted by Gasteiger charge is -2.34. The van der Waals surface area contributed by atoms with E-state index < -0.39 is 0 Å². The van der Waals surface area contributed by atoms with Crippen LogP contribution in [0.25, 0.3) is 10.9 Å². The molecule has 4 rings (SSSR count). The molecule has 2 amide bonds. The first-order valence-electron chi connectivity index (χ1n) is 11.6. The second-order valence-electron chi connectivity index (χ2n) is 9.13. The molecule has 0 saturated carbocycles. The molecule has 6 heteroatoms. The zero-order chi connectivity index (χ0) is 23.5. The van der Waals surface area contributed by atoms with E-state index in [0.717, 1.165) is 33.4 Å². The van der Waals surface area contributed by atoms with E-state index in [9.17, 15) is 9.59 Å². The van der Waals surface area contributed by atoms with Crippen molar-refractivity contribution in [2.24, 2.45) is 0 Å². The number of anilines is 1. The van der Waals surface area contributed by atoms with Gasteiger partial charge in [0.25, 0.3) is 5.91 Å². The van der Waals surface area contributed by atoms with Gasteiger partial charge in [0.05, 0.1) is 17.6 Å². The van der Waals surface area contributed by atoms with Crippen LogP contribution in [0.5, 0.6) is 0 Å². The summed E-state index contributed by atoms with van der Waals surface area (Å²) in [5.74, 6) is 0.258. The van der Waals surface area contributed by atoms with Crippen LogP contribution in [-0.2, 0) is 4.79 Å². The van der Waals surface area contributed by atoms with Gasteiger partial charge < -0.3 is 10.2 Å². The van der Waals surface area contributed by atoms with Crippen molar-refractivity contribution in [1.29, 1.82) is 0 Å². The maximum absolute atomic E-state index is 13.4. The molecule has 1 N–H and O–H groups in total. The highest BCUT2D eigenvalue weighted by Crippen LogP contribution is 2.24. The van der Waals surface area contributed by atoms with Crippen LogP contribution in [0.1, 0.15) is 46.9 Å². The van der Waals surface area contributed by atoms with Crippen LogP contribution in [0.2, 0.25) is 0 Å². The van der Waals surface area contributed by atoms with Gasteiger partial charge in [0.2, 0.25) is 5.91 Å². The summed E-state index contributed by atoms with van der Waals surface area (Å²) >= 11 is 0. The van der Waals surface area contributed by atoms with Crippen LogP contribution >= 0.6 is 0 Å². The average Bonchev–Trinajstić information content (AvgIpc) is 2.81. The number of nitrogens with one attached hydrogen (secondary N) is 1. The molecule has 2 aromatic carbocycles. The molecule has 2 heterocycles. The number of aromatic nitrogens is 1. The molecular weight excluding hydrogens is 412 g/mol. The third-order valence-electron chi connectivity index (χ3n) is 6.46. The Hall–Kier alpha value is -3.25. The summed E-state index contributed by atoms with van der Waals surface area (Å²) in [7, 11) is 0. The minimum absolute atomic E-state index is 0.0230. The van der Waals surface area contributed by atoms with Crippen molar-refractivity contribution in [2.45, 2.75) is 33.6 Å². The highest BCUT2D eigenvalue weighted by atomic mass is 16.2. The van der Waals surface area contributed by atoms with Crippen LogP contribution in [0, 0.1) is 13.8 Å². The fourth-order valence-electron chi connectivity index (χ4n) is 4.23. The molecule has 1 fully saturated rings. The van der Waals surface area contributed by atoms with Gasteiger partial charge in [-0.05, 0) is 49.1 Å². The molecule has 0 spiro atoms. The van der Waals surface area contributed by atoms with Gasteiger partial charge >= 0.3 is 0 Å². The van der Waals surface area contributed by atoms with Gasteiger partial charge in [0.15, 0.2) is 0 Å². The molecule has 0 aliphatic carbocycles. The Bertz CT molecular complexity index is 1180. The first-order chi connectivity index (χ1) is 15.8. The van der Waals surface area contributed by atoms with Gasteiger partial charge in [-0.15, -0.1) is 0 Å². The molecule has 0 atom stereocenters. The summed E-state index contributed by atoms with van der Waals surface area (Å²) in [6.45, 7) is 11.1. The molecule has 3 aromatic rings. The Morgan fingerprint density at radius 1 is 1.00 bits per heavy atom. The van der Waals surface area contributed by atoms with E-state index in [1.54, 1.807) is 0 Å². The normalized spacial score (nSPS) is 14.6. The van der Waals surface area contributed by atoms with E-state index in [1.807, 2.05) is 67.3 Å². The van der Waals surface area contributed by atoms with Crippen LogP contribution in [0.15, 0.2) is 48.5 Å². The molecule has 33 heavy (non-hydrogen) atoms. The van der Waals surface area contributed by atoms with Crippen LogP contribution in [0.4, 0.5) is 5.69 Å². The molecule has 0 radical (unpaired) electrons. The van der Waals surface area contributed by atoms with Gasteiger partial charge in [-0.2, -0.15) is 0 Å². The van der Waals surface area contributed by atoms with Crippen molar-refractivity contribution in [3.8, 4) is 0 Å². The lowest BCUT2D eigenvalue weighted by atomic mass is 10.0. The van der Waals surface area contributed by atoms with E-state index in [-0.39, 0.29) is 17.7 Å². The summed E-state index contributed by atoms with van der Waals surface area (Å²) < 4.78 is 0. The predicted octanol–water partition coefficient (Wildman–Crippen LogP) is 4.37. The lowest BCUT2D eigenvalue weighted by Crippen LogP contribution is -2.50. The van der Waals surface area contributed by atoms with Gasteiger partial charge in [0, 0.05) is 42.9 Å². The molecule has 1 aliphatic rings. The van der Waals surface area contributed by atoms with E-state index >= 15 is 0 Å². The number of benzene rings is 2. The molecular formula is C27H32N4O2. The summed E-state index contributed by atoms with van der Waals surface area (Å²) in [6.07, 6.45) is 0. The number of pyridine rings is 1. The zero-order valence-electron chi connectivity index (χ0n) is 19.9. The Balaban J connectivity index is 1.40. The summed E-state index contributed by atoms with van der Waals surface area (Å²) in [4.78, 5) is 34.7. The second kappa shape index (κ2) is 9.71. The van der Waals surface area contributed by atoms with Crippen molar-refractivity contribution < 1.29 is 9.59 Å². The topological polar surface area (TPSA) is 65.5 Å². The predicted molar refractivity (Wildman–Crippen MR) is 133 cm³/mol. The molecule has 0 unspecified atom stereocenters. The zero-order valence-corrected chi connectivity index (χ0v) is 19.9. The highest BCUT2D eigenvalue weighted by molar-refractivity contribution is 6.06. The fraction of sp³-hybridized carbons (Fsp3) is 0.370. The van der Waals surface area contributed by atoms with Crippen molar-refractivity contribution >= 4 is 28.4 Å². The molecule has 1 aliphatic heterocycles. The number of hydrogen-bond acceptors (Lipinski definition) is 4. The Kier molecular flexibility index (Phi) is 6.75. The monoisotopic (exact) mass is 444 g/mol. The number of piperazine rings is 1. The Morgan fingerprint density at radius 2 is 1.73 bits per heavy atom. The molecule has 1 saturated heterocycles. The first kappa shape index (κ1) is 22.9. The number of para-hydroxylation sites is 1. The number of nitrogens with zero attached hydrogens (tertiary/aromatic N) is 3. The largest absolute Gasteiger partial charge is 0.336 e. The maximum atomic E-state index is 13.4. The fourth-order valence-corrected chi connectivity index (χ4v) is 4.23. The molecule has 172 valence electrons. The van der Waals surface area contributed by atoms with E-state index in [1.165, 1.54) is 0 Å². The number of carbonyl (C=O) groups excluding carboxylic acids is 2. The van der Waals surface area contributed by atoms with E-state index in [2.05, 4.69) is 24.1 Å². The van der Waals surface area contributed by atoms with E-state index in [0.29, 0.717) is 38.3 Å². The third kappa shape index (κ3) is 5.06. The number of hydrogen-bond donors (Lipinski definition) is 1. The molecule has 1 aromatic heterocycles. The lowest BCUT2D eigenvalue weighted by molar-refractivity contribution is -0.117. The highest BCUT2D eigenvalue weighted by Gasteiger charge is 2.25. The number of amides is 2. The van der Waals surface area contributed by atoms with E-state index in [4.69, 9.17) is 4.98 Å². The number of carbonyl (C=O) groups is 2. The van der Waals surface area contributed by atoms with Gasteiger partial charge in [-0.25, -0.2) is 0 Å². The van der Waals surface area contributed by atoms with Gasteiger partial charge in [-0.3, -0.25) is 19.5 Å². The van der Waals surface area contributed by atoms with Gasteiger partial charge in [-0.1, -0.05) is 44.2 Å². The second-order valence-corrected chi connectivity index (χ2v) is 9.13. The maximum Gasteiger partial charge on any atom is 0.254 e. The summed E-state index contributed by atoms with van der Waals surface area (Å²) in [5, 5.41) is 3.92. The standard InChI is InChI=1S/C27H32N4O2/c1-18(2)25-16-22(21-9-5-6-10-24(21)28-25)27(33)31-14-12-30(13-15-31)17-26(32)29-23-11-7-8-19(3)20(23)4/h5-11,16,18H,12-15,17H2,1-4H3,(H,29,32). The van der Waals surface area contributed by atoms with Crippen LogP contribution in [-0.4, -0.2) is 59.3 Å². The van der Waals surface area contributed by atoms with Gasteiger partial charge in [0.1, 0.15) is 0 Å².